The second kappa shape index (κ2) is 4.85. The quantitative estimate of drug-likeness (QED) is 0.897. The number of benzene rings is 1. The van der Waals surface area contributed by atoms with Gasteiger partial charge in [-0.25, -0.2) is 0 Å². The van der Waals surface area contributed by atoms with Crippen LogP contribution >= 0.6 is 0 Å². The molecule has 1 fully saturated rings. The summed E-state index contributed by atoms with van der Waals surface area (Å²) in [6.07, 6.45) is 3.39. The van der Waals surface area contributed by atoms with Crippen molar-refractivity contribution in [2.45, 2.75) is 37.8 Å². The van der Waals surface area contributed by atoms with Gasteiger partial charge in [-0.15, -0.1) is 0 Å². The van der Waals surface area contributed by atoms with Crippen LogP contribution < -0.4 is 4.74 Å². The van der Waals surface area contributed by atoms with Crippen molar-refractivity contribution < 1.29 is 14.6 Å². The van der Waals surface area contributed by atoms with Gasteiger partial charge in [0.1, 0.15) is 5.75 Å². The minimum Gasteiger partial charge on any atom is -0.483 e. The number of carbonyl (C=O) groups excluding carboxylic acids is 1. The highest BCUT2D eigenvalue weighted by Crippen LogP contribution is 2.36. The second-order valence-electron chi connectivity index (χ2n) is 5.40. The number of fused-ring (bicyclic) bond motifs is 1. The lowest BCUT2D eigenvalue weighted by atomic mass is 10.1. The van der Waals surface area contributed by atoms with Crippen LogP contribution in [0.5, 0.6) is 5.75 Å². The SMILES string of the molecule is CN(C(=O)COc1cccc2c1CCC2O)C1CC1. The fourth-order valence-corrected chi connectivity index (χ4v) is 2.64. The van der Waals surface area contributed by atoms with Crippen LogP contribution in [-0.4, -0.2) is 35.6 Å². The Balaban J connectivity index is 1.66. The maximum Gasteiger partial charge on any atom is 0.260 e. The smallest absolute Gasteiger partial charge is 0.260 e. The minimum atomic E-state index is -0.386. The summed E-state index contributed by atoms with van der Waals surface area (Å²) in [4.78, 5) is 13.7. The van der Waals surface area contributed by atoms with Gasteiger partial charge in [0.25, 0.3) is 5.91 Å². The Labute approximate surface area is 113 Å². The van der Waals surface area contributed by atoms with Crippen LogP contribution in [-0.2, 0) is 11.2 Å². The van der Waals surface area contributed by atoms with Gasteiger partial charge in [-0.05, 0) is 37.3 Å². The van der Waals surface area contributed by atoms with Gasteiger partial charge < -0.3 is 14.7 Å². The van der Waals surface area contributed by atoms with E-state index in [9.17, 15) is 9.90 Å². The van der Waals surface area contributed by atoms with E-state index in [1.165, 1.54) is 0 Å². The molecule has 1 aromatic rings. The molecular weight excluding hydrogens is 242 g/mol. The summed E-state index contributed by atoms with van der Waals surface area (Å²) in [5.41, 5.74) is 2.00. The summed E-state index contributed by atoms with van der Waals surface area (Å²) in [6, 6.07) is 6.09. The van der Waals surface area contributed by atoms with E-state index in [0.717, 1.165) is 42.6 Å². The molecule has 0 saturated heterocycles. The summed E-state index contributed by atoms with van der Waals surface area (Å²) in [5, 5.41) is 9.82. The Bertz CT molecular complexity index is 496. The van der Waals surface area contributed by atoms with Gasteiger partial charge in [-0.3, -0.25) is 4.79 Å². The first kappa shape index (κ1) is 12.5. The van der Waals surface area contributed by atoms with Crippen molar-refractivity contribution in [1.29, 1.82) is 0 Å². The molecule has 102 valence electrons. The zero-order valence-electron chi connectivity index (χ0n) is 11.1. The first-order valence-corrected chi connectivity index (χ1v) is 6.85. The van der Waals surface area contributed by atoms with E-state index in [-0.39, 0.29) is 18.6 Å². The molecular formula is C15H19NO3. The number of ether oxygens (including phenoxy) is 1. The van der Waals surface area contributed by atoms with Gasteiger partial charge in [-0.1, -0.05) is 12.1 Å². The lowest BCUT2D eigenvalue weighted by Gasteiger charge is -2.17. The second-order valence-corrected chi connectivity index (χ2v) is 5.40. The molecule has 1 atom stereocenters. The Morgan fingerprint density at radius 3 is 2.95 bits per heavy atom. The van der Waals surface area contributed by atoms with Crippen molar-refractivity contribution in [3.05, 3.63) is 29.3 Å². The third kappa shape index (κ3) is 2.45. The fourth-order valence-electron chi connectivity index (χ4n) is 2.64. The minimum absolute atomic E-state index is 0.0265. The lowest BCUT2D eigenvalue weighted by Crippen LogP contribution is -2.33. The van der Waals surface area contributed by atoms with Crippen LogP contribution in [0.1, 0.15) is 36.5 Å². The Hall–Kier alpha value is -1.55. The molecule has 0 aliphatic heterocycles. The summed E-state index contributed by atoms with van der Waals surface area (Å²) in [6.45, 7) is 0.0829. The van der Waals surface area contributed by atoms with Crippen LogP contribution in [0, 0.1) is 0 Å². The zero-order valence-corrected chi connectivity index (χ0v) is 11.1. The lowest BCUT2D eigenvalue weighted by molar-refractivity contribution is -0.132. The molecule has 0 bridgehead atoms. The Morgan fingerprint density at radius 1 is 1.42 bits per heavy atom. The predicted molar refractivity (Wildman–Crippen MR) is 71.0 cm³/mol. The maximum absolute atomic E-state index is 11.9. The van der Waals surface area contributed by atoms with E-state index in [2.05, 4.69) is 0 Å². The van der Waals surface area contributed by atoms with Gasteiger partial charge in [-0.2, -0.15) is 0 Å². The number of likely N-dealkylation sites (N-methyl/N-ethyl adjacent to an activating group) is 1. The summed E-state index contributed by atoms with van der Waals surface area (Å²) in [5.74, 6) is 0.769. The number of carbonyl (C=O) groups is 1. The number of rotatable bonds is 4. The van der Waals surface area contributed by atoms with E-state index < -0.39 is 0 Å². The molecule has 1 saturated carbocycles. The van der Waals surface area contributed by atoms with Crippen molar-refractivity contribution in [1.82, 2.24) is 4.90 Å². The van der Waals surface area contributed by atoms with E-state index in [4.69, 9.17) is 4.74 Å². The van der Waals surface area contributed by atoms with Crippen LogP contribution in [0.15, 0.2) is 18.2 Å². The van der Waals surface area contributed by atoms with Gasteiger partial charge in [0.05, 0.1) is 6.10 Å². The zero-order chi connectivity index (χ0) is 13.4. The highest BCUT2D eigenvalue weighted by atomic mass is 16.5. The van der Waals surface area contributed by atoms with Crippen molar-refractivity contribution in [3.8, 4) is 5.75 Å². The molecule has 19 heavy (non-hydrogen) atoms. The number of amides is 1. The predicted octanol–water partition coefficient (Wildman–Crippen LogP) is 1.67. The first-order chi connectivity index (χ1) is 9.16. The van der Waals surface area contributed by atoms with Crippen LogP contribution in [0.4, 0.5) is 0 Å². The van der Waals surface area contributed by atoms with Crippen molar-refractivity contribution in [2.24, 2.45) is 0 Å². The molecule has 4 heteroatoms. The highest BCUT2D eigenvalue weighted by molar-refractivity contribution is 5.78. The Kier molecular flexibility index (Phi) is 3.19. The van der Waals surface area contributed by atoms with E-state index in [0.29, 0.717) is 6.04 Å². The largest absolute Gasteiger partial charge is 0.483 e. The number of aliphatic hydroxyl groups excluding tert-OH is 1. The topological polar surface area (TPSA) is 49.8 Å². The summed E-state index contributed by atoms with van der Waals surface area (Å²) < 4.78 is 5.66. The Morgan fingerprint density at radius 2 is 2.21 bits per heavy atom. The fraction of sp³-hybridized carbons (Fsp3) is 0.533. The van der Waals surface area contributed by atoms with Crippen LogP contribution in [0.2, 0.25) is 0 Å². The summed E-state index contributed by atoms with van der Waals surface area (Å²) in [7, 11) is 1.84. The summed E-state index contributed by atoms with van der Waals surface area (Å²) >= 11 is 0. The molecule has 1 N–H and O–H groups in total. The van der Waals surface area contributed by atoms with E-state index in [1.54, 1.807) is 4.90 Å². The molecule has 0 heterocycles. The molecule has 1 amide bonds. The number of aliphatic hydroxyl groups is 1. The highest BCUT2D eigenvalue weighted by Gasteiger charge is 2.30. The van der Waals surface area contributed by atoms with Gasteiger partial charge in [0.2, 0.25) is 0 Å². The molecule has 2 aliphatic rings. The molecule has 3 rings (SSSR count). The molecule has 0 spiro atoms. The molecule has 2 aliphatic carbocycles. The third-order valence-electron chi connectivity index (χ3n) is 4.04. The molecule has 0 radical (unpaired) electrons. The van der Waals surface area contributed by atoms with Gasteiger partial charge in [0.15, 0.2) is 6.61 Å². The van der Waals surface area contributed by atoms with Gasteiger partial charge in [0, 0.05) is 18.7 Å². The standard InChI is InChI=1S/C15H19NO3/c1-16(10-5-6-10)15(18)9-19-14-4-2-3-11-12(14)7-8-13(11)17/h2-4,10,13,17H,5-9H2,1H3. The number of nitrogens with zero attached hydrogens (tertiary/aromatic N) is 1. The average Bonchev–Trinajstić information content (AvgIpc) is 3.20. The van der Waals surface area contributed by atoms with Crippen molar-refractivity contribution in [3.63, 3.8) is 0 Å². The van der Waals surface area contributed by atoms with Crippen molar-refractivity contribution >= 4 is 5.91 Å². The van der Waals surface area contributed by atoms with Gasteiger partial charge >= 0.3 is 0 Å². The normalized spacial score (nSPS) is 21.1. The monoisotopic (exact) mass is 261 g/mol. The molecule has 4 nitrogen and oxygen atoms in total. The first-order valence-electron chi connectivity index (χ1n) is 6.85. The third-order valence-corrected chi connectivity index (χ3v) is 4.04. The maximum atomic E-state index is 11.9. The number of hydrogen-bond donors (Lipinski definition) is 1. The molecule has 1 unspecified atom stereocenters. The van der Waals surface area contributed by atoms with Crippen LogP contribution in [0.3, 0.4) is 0 Å². The average molecular weight is 261 g/mol. The molecule has 1 aromatic carbocycles. The number of hydrogen-bond acceptors (Lipinski definition) is 3. The van der Waals surface area contributed by atoms with Crippen LogP contribution in [0.25, 0.3) is 0 Å². The van der Waals surface area contributed by atoms with E-state index >= 15 is 0 Å². The van der Waals surface area contributed by atoms with E-state index in [1.807, 2.05) is 25.2 Å². The van der Waals surface area contributed by atoms with Crippen molar-refractivity contribution in [2.75, 3.05) is 13.7 Å². The molecule has 0 aromatic heterocycles.